The summed E-state index contributed by atoms with van der Waals surface area (Å²) in [6.07, 6.45) is 7.70. The second kappa shape index (κ2) is 9.77. The molecule has 170 valence electrons. The zero-order valence-corrected chi connectivity index (χ0v) is 19.0. The molecule has 7 nitrogen and oxygen atoms in total. The second-order valence-electron chi connectivity index (χ2n) is 7.42. The third-order valence-corrected chi connectivity index (χ3v) is 5.62. The molecule has 1 aliphatic rings. The van der Waals surface area contributed by atoms with Gasteiger partial charge in [0.05, 0.1) is 24.9 Å². The summed E-state index contributed by atoms with van der Waals surface area (Å²) in [6, 6.07) is 6.95. The Hall–Kier alpha value is -2.81. The summed E-state index contributed by atoms with van der Waals surface area (Å²) in [4.78, 5) is 4.30. The van der Waals surface area contributed by atoms with E-state index in [1.54, 1.807) is 18.3 Å². The molecular weight excluding hydrogens is 456 g/mol. The number of nitrogens with one attached hydrogen (secondary N) is 1. The minimum atomic E-state index is -0.454. The molecule has 4 aromatic rings. The molecule has 4 heterocycles. The van der Waals surface area contributed by atoms with E-state index in [-0.39, 0.29) is 36.4 Å². The third kappa shape index (κ3) is 4.13. The van der Waals surface area contributed by atoms with Crippen molar-refractivity contribution >= 4 is 41.6 Å². The minimum Gasteiger partial charge on any atom is -0.493 e. The number of fused-ring (bicyclic) bond motifs is 1. The van der Waals surface area contributed by atoms with Crippen molar-refractivity contribution in [1.82, 2.24) is 20.1 Å². The first-order valence-electron chi connectivity index (χ1n) is 9.92. The second-order valence-corrected chi connectivity index (χ2v) is 7.42. The summed E-state index contributed by atoms with van der Waals surface area (Å²) in [6.45, 7) is 1.99. The molecule has 0 atom stereocenters. The van der Waals surface area contributed by atoms with Crippen LogP contribution in [-0.2, 0) is 0 Å². The number of para-hydroxylation sites is 1. The predicted molar refractivity (Wildman–Crippen MR) is 127 cm³/mol. The average molecular weight is 480 g/mol. The molecule has 0 bridgehead atoms. The minimum absolute atomic E-state index is 0. The van der Waals surface area contributed by atoms with Crippen molar-refractivity contribution in [2.24, 2.45) is 0 Å². The lowest BCUT2D eigenvalue weighted by Gasteiger charge is -2.22. The van der Waals surface area contributed by atoms with Crippen LogP contribution in [0.2, 0.25) is 0 Å². The molecule has 1 fully saturated rings. The van der Waals surface area contributed by atoms with E-state index in [1.807, 2.05) is 23.1 Å². The fourth-order valence-electron chi connectivity index (χ4n) is 4.06. The summed E-state index contributed by atoms with van der Waals surface area (Å²) < 4.78 is 27.4. The van der Waals surface area contributed by atoms with Gasteiger partial charge in [0, 0.05) is 28.9 Å². The van der Waals surface area contributed by atoms with Gasteiger partial charge in [-0.05, 0) is 44.1 Å². The molecule has 10 heteroatoms. The van der Waals surface area contributed by atoms with E-state index in [0.29, 0.717) is 22.9 Å². The fraction of sp³-hybridized carbons (Fsp3) is 0.273. The largest absolute Gasteiger partial charge is 0.493 e. The molecule has 3 aromatic heterocycles. The van der Waals surface area contributed by atoms with E-state index >= 15 is 0 Å². The zero-order valence-electron chi connectivity index (χ0n) is 17.4. The van der Waals surface area contributed by atoms with Crippen LogP contribution in [0.1, 0.15) is 18.9 Å². The molecule has 1 aromatic carbocycles. The number of nitrogens with two attached hydrogens (primary N) is 1. The molecule has 1 saturated heterocycles. The standard InChI is InChI=1S/C22H22FN5O2.2ClH/c1-29-20-15(3-2-4-18(20)23)19-9-16-17(11-26-22(24)21(16)30-19)13-10-27-28(12-13)14-5-7-25-8-6-14;;/h2-4,9-12,14,25H,5-8H2,1H3,(H2,24,26);2*1H. The van der Waals surface area contributed by atoms with Crippen LogP contribution in [-0.4, -0.2) is 35.0 Å². The highest BCUT2D eigenvalue weighted by molar-refractivity contribution is 6.00. The number of aromatic nitrogens is 3. The van der Waals surface area contributed by atoms with Gasteiger partial charge in [0.15, 0.2) is 23.0 Å². The molecule has 0 amide bonds. The lowest BCUT2D eigenvalue weighted by molar-refractivity contribution is 0.343. The number of nitrogen functional groups attached to an aromatic ring is 1. The van der Waals surface area contributed by atoms with Crippen LogP contribution in [0.3, 0.4) is 0 Å². The maximum Gasteiger partial charge on any atom is 0.177 e. The van der Waals surface area contributed by atoms with E-state index in [0.717, 1.165) is 42.4 Å². The van der Waals surface area contributed by atoms with Crippen LogP contribution in [0.25, 0.3) is 33.4 Å². The number of halogens is 3. The fourth-order valence-corrected chi connectivity index (χ4v) is 4.06. The number of hydrogen-bond acceptors (Lipinski definition) is 6. The van der Waals surface area contributed by atoms with Crippen LogP contribution < -0.4 is 15.8 Å². The summed E-state index contributed by atoms with van der Waals surface area (Å²) in [5.41, 5.74) is 8.86. The van der Waals surface area contributed by atoms with Crippen LogP contribution in [0, 0.1) is 5.82 Å². The van der Waals surface area contributed by atoms with Gasteiger partial charge in [-0.2, -0.15) is 5.10 Å². The van der Waals surface area contributed by atoms with E-state index in [4.69, 9.17) is 14.9 Å². The van der Waals surface area contributed by atoms with Crippen LogP contribution in [0.5, 0.6) is 5.75 Å². The molecule has 32 heavy (non-hydrogen) atoms. The molecule has 5 rings (SSSR count). The lowest BCUT2D eigenvalue weighted by atomic mass is 10.1. The Bertz CT molecular complexity index is 1220. The topological polar surface area (TPSA) is 91.1 Å². The average Bonchev–Trinajstić information content (AvgIpc) is 3.43. The van der Waals surface area contributed by atoms with Crippen molar-refractivity contribution in [2.75, 3.05) is 25.9 Å². The number of rotatable bonds is 4. The Kier molecular flexibility index (Phi) is 7.28. The Morgan fingerprint density at radius 2 is 1.97 bits per heavy atom. The van der Waals surface area contributed by atoms with Crippen LogP contribution in [0.4, 0.5) is 10.2 Å². The van der Waals surface area contributed by atoms with Gasteiger partial charge in [-0.3, -0.25) is 4.68 Å². The number of methoxy groups -OCH3 is 1. The first-order chi connectivity index (χ1) is 14.7. The monoisotopic (exact) mass is 479 g/mol. The zero-order chi connectivity index (χ0) is 20.7. The van der Waals surface area contributed by atoms with E-state index in [2.05, 4.69) is 15.4 Å². The molecule has 0 unspecified atom stereocenters. The Morgan fingerprint density at radius 1 is 1.19 bits per heavy atom. The summed E-state index contributed by atoms with van der Waals surface area (Å²) >= 11 is 0. The number of nitrogens with zero attached hydrogens (tertiary/aromatic N) is 3. The third-order valence-electron chi connectivity index (χ3n) is 5.62. The van der Waals surface area contributed by atoms with E-state index in [1.165, 1.54) is 13.2 Å². The highest BCUT2D eigenvalue weighted by Gasteiger charge is 2.20. The quantitative estimate of drug-likeness (QED) is 0.434. The van der Waals surface area contributed by atoms with Crippen LogP contribution >= 0.6 is 24.8 Å². The Morgan fingerprint density at radius 3 is 2.72 bits per heavy atom. The lowest BCUT2D eigenvalue weighted by Crippen LogP contribution is -2.29. The van der Waals surface area contributed by atoms with Crippen molar-refractivity contribution in [3.63, 3.8) is 0 Å². The Balaban J connectivity index is 0.00000144. The maximum atomic E-state index is 14.2. The van der Waals surface area contributed by atoms with Crippen molar-refractivity contribution < 1.29 is 13.5 Å². The number of hydrogen-bond donors (Lipinski definition) is 2. The molecule has 3 N–H and O–H groups in total. The van der Waals surface area contributed by atoms with Gasteiger partial charge in [-0.25, -0.2) is 9.37 Å². The normalized spacial score (nSPS) is 14.1. The van der Waals surface area contributed by atoms with Crippen molar-refractivity contribution in [3.05, 3.63) is 48.7 Å². The predicted octanol–water partition coefficient (Wildman–Crippen LogP) is 4.86. The van der Waals surface area contributed by atoms with Gasteiger partial charge in [0.1, 0.15) is 5.76 Å². The molecular formula is C22H24Cl2FN5O2. The Labute approximate surface area is 197 Å². The first kappa shape index (κ1) is 23.8. The van der Waals surface area contributed by atoms with E-state index < -0.39 is 5.82 Å². The number of ether oxygens (including phenoxy) is 1. The summed E-state index contributed by atoms with van der Waals surface area (Å²) in [5, 5.41) is 8.75. The molecule has 0 saturated carbocycles. The van der Waals surface area contributed by atoms with Gasteiger partial charge < -0.3 is 20.2 Å². The van der Waals surface area contributed by atoms with Gasteiger partial charge in [-0.1, -0.05) is 6.07 Å². The summed E-state index contributed by atoms with van der Waals surface area (Å²) in [7, 11) is 1.43. The van der Waals surface area contributed by atoms with Gasteiger partial charge in [-0.15, -0.1) is 24.8 Å². The number of piperidine rings is 1. The SMILES string of the molecule is COc1c(F)cccc1-c1cc2c(-c3cnn(C4CCNCC4)c3)cnc(N)c2o1.Cl.Cl. The highest BCUT2D eigenvalue weighted by Crippen LogP contribution is 2.40. The highest BCUT2D eigenvalue weighted by atomic mass is 35.5. The molecule has 0 radical (unpaired) electrons. The molecule has 1 aliphatic heterocycles. The van der Waals surface area contributed by atoms with Crippen molar-refractivity contribution in [3.8, 4) is 28.2 Å². The van der Waals surface area contributed by atoms with Crippen LogP contribution in [0.15, 0.2) is 47.3 Å². The van der Waals surface area contributed by atoms with Gasteiger partial charge >= 0.3 is 0 Å². The van der Waals surface area contributed by atoms with Crippen molar-refractivity contribution in [2.45, 2.75) is 18.9 Å². The molecule has 0 spiro atoms. The van der Waals surface area contributed by atoms with E-state index in [9.17, 15) is 4.39 Å². The first-order valence-corrected chi connectivity index (χ1v) is 9.92. The van der Waals surface area contributed by atoms with Gasteiger partial charge in [0.25, 0.3) is 0 Å². The number of benzene rings is 1. The van der Waals surface area contributed by atoms with Gasteiger partial charge in [0.2, 0.25) is 0 Å². The number of anilines is 1. The van der Waals surface area contributed by atoms with Crippen molar-refractivity contribution in [1.29, 1.82) is 0 Å². The smallest absolute Gasteiger partial charge is 0.177 e. The summed E-state index contributed by atoms with van der Waals surface area (Å²) in [5.74, 6) is 0.419. The maximum absolute atomic E-state index is 14.2. The molecule has 0 aliphatic carbocycles. The number of furan rings is 1. The number of pyridine rings is 1.